The molecule has 0 saturated heterocycles. The van der Waals surface area contributed by atoms with Crippen LogP contribution in [-0.4, -0.2) is 26.7 Å². The molecule has 0 bridgehead atoms. The topological polar surface area (TPSA) is 24.1 Å². The molecule has 0 aromatic rings. The molecule has 0 heterocycles. The van der Waals surface area contributed by atoms with E-state index in [4.69, 9.17) is 0 Å². The molecule has 0 fully saturated rings. The highest BCUT2D eigenvalue weighted by atomic mass is 14.9. The molecular weight excluding hydrogens is 136 g/mol. The van der Waals surface area contributed by atoms with Crippen LogP contribution >= 0.6 is 0 Å². The van der Waals surface area contributed by atoms with Gasteiger partial charge in [-0.1, -0.05) is 13.8 Å². The second kappa shape index (κ2) is 8.02. The minimum absolute atomic E-state index is 0.826. The van der Waals surface area contributed by atoms with E-state index in [1.54, 1.807) is 0 Å². The van der Waals surface area contributed by atoms with Gasteiger partial charge in [0.05, 0.1) is 0 Å². The Hall–Kier alpha value is -0.0800. The maximum atomic E-state index is 3.41. The van der Waals surface area contributed by atoms with E-state index >= 15 is 0 Å². The molecule has 0 aromatic heterocycles. The molecule has 68 valence electrons. The van der Waals surface area contributed by atoms with Crippen LogP contribution in [-0.2, 0) is 0 Å². The van der Waals surface area contributed by atoms with Crippen LogP contribution in [0.2, 0.25) is 0 Å². The molecule has 0 unspecified atom stereocenters. The zero-order chi connectivity index (χ0) is 8.53. The van der Waals surface area contributed by atoms with Crippen molar-refractivity contribution in [2.45, 2.75) is 26.7 Å². The van der Waals surface area contributed by atoms with E-state index in [-0.39, 0.29) is 0 Å². The van der Waals surface area contributed by atoms with Crippen molar-refractivity contribution in [1.29, 1.82) is 0 Å². The van der Waals surface area contributed by atoms with Crippen LogP contribution in [0.15, 0.2) is 0 Å². The molecule has 2 N–H and O–H groups in total. The van der Waals surface area contributed by atoms with Crippen LogP contribution < -0.4 is 10.6 Å². The van der Waals surface area contributed by atoms with Crippen LogP contribution in [0.4, 0.5) is 0 Å². The van der Waals surface area contributed by atoms with Gasteiger partial charge >= 0.3 is 0 Å². The predicted octanol–water partition coefficient (Wildman–Crippen LogP) is 1.23. The van der Waals surface area contributed by atoms with Crippen molar-refractivity contribution in [3.8, 4) is 0 Å². The lowest BCUT2D eigenvalue weighted by atomic mass is 10.1. The summed E-state index contributed by atoms with van der Waals surface area (Å²) in [6.45, 7) is 7.95. The Labute approximate surface area is 70.8 Å². The second-order valence-electron chi connectivity index (χ2n) is 3.39. The highest BCUT2D eigenvalue weighted by Gasteiger charge is 1.91. The SMILES string of the molecule is CNCCCNCCC(C)C. The van der Waals surface area contributed by atoms with E-state index in [0.29, 0.717) is 0 Å². The van der Waals surface area contributed by atoms with Crippen LogP contribution in [0.3, 0.4) is 0 Å². The summed E-state index contributed by atoms with van der Waals surface area (Å²) in [4.78, 5) is 0. The Morgan fingerprint density at radius 3 is 2.36 bits per heavy atom. The molecular formula is C9H22N2. The second-order valence-corrected chi connectivity index (χ2v) is 3.39. The molecule has 0 aliphatic rings. The third-order valence-electron chi connectivity index (χ3n) is 1.68. The molecule has 0 amide bonds. The van der Waals surface area contributed by atoms with E-state index in [0.717, 1.165) is 19.0 Å². The van der Waals surface area contributed by atoms with Crippen molar-refractivity contribution in [2.24, 2.45) is 5.92 Å². The summed E-state index contributed by atoms with van der Waals surface area (Å²) in [6.07, 6.45) is 2.52. The Bertz CT molecular complexity index is 72.0. The summed E-state index contributed by atoms with van der Waals surface area (Å²) in [5, 5.41) is 6.54. The summed E-state index contributed by atoms with van der Waals surface area (Å²) in [6, 6.07) is 0. The minimum Gasteiger partial charge on any atom is -0.320 e. The molecule has 0 spiro atoms. The number of rotatable bonds is 7. The van der Waals surface area contributed by atoms with Gasteiger partial charge in [0.15, 0.2) is 0 Å². The van der Waals surface area contributed by atoms with E-state index in [2.05, 4.69) is 24.5 Å². The maximum Gasteiger partial charge on any atom is -0.00368 e. The van der Waals surface area contributed by atoms with Crippen molar-refractivity contribution in [2.75, 3.05) is 26.7 Å². The van der Waals surface area contributed by atoms with Gasteiger partial charge in [-0.05, 0) is 45.4 Å². The average Bonchev–Trinajstić information content (AvgIpc) is 1.96. The Morgan fingerprint density at radius 2 is 1.82 bits per heavy atom. The van der Waals surface area contributed by atoms with Crippen LogP contribution in [0.5, 0.6) is 0 Å². The van der Waals surface area contributed by atoms with Crippen molar-refractivity contribution in [1.82, 2.24) is 10.6 Å². The van der Waals surface area contributed by atoms with Crippen molar-refractivity contribution in [3.05, 3.63) is 0 Å². The summed E-state index contributed by atoms with van der Waals surface area (Å²) >= 11 is 0. The third-order valence-corrected chi connectivity index (χ3v) is 1.68. The minimum atomic E-state index is 0.826. The molecule has 0 radical (unpaired) electrons. The first-order valence-corrected chi connectivity index (χ1v) is 4.62. The van der Waals surface area contributed by atoms with Crippen molar-refractivity contribution < 1.29 is 0 Å². The summed E-state index contributed by atoms with van der Waals surface area (Å²) in [5.41, 5.74) is 0. The molecule has 2 heteroatoms. The van der Waals surface area contributed by atoms with Gasteiger partial charge in [0.1, 0.15) is 0 Å². The van der Waals surface area contributed by atoms with Crippen LogP contribution in [0.25, 0.3) is 0 Å². The molecule has 0 rings (SSSR count). The highest BCUT2D eigenvalue weighted by molar-refractivity contribution is 4.51. The van der Waals surface area contributed by atoms with Crippen LogP contribution in [0, 0.1) is 5.92 Å². The molecule has 2 nitrogen and oxygen atoms in total. The number of nitrogens with one attached hydrogen (secondary N) is 2. The van der Waals surface area contributed by atoms with Gasteiger partial charge < -0.3 is 10.6 Å². The van der Waals surface area contributed by atoms with Gasteiger partial charge in [-0.15, -0.1) is 0 Å². The molecule has 0 aliphatic carbocycles. The predicted molar refractivity (Wildman–Crippen MR) is 50.9 cm³/mol. The third kappa shape index (κ3) is 9.92. The number of hydrogen-bond donors (Lipinski definition) is 2. The first-order valence-electron chi connectivity index (χ1n) is 4.62. The van der Waals surface area contributed by atoms with E-state index in [1.807, 2.05) is 7.05 Å². The standard InChI is InChI=1S/C9H22N2/c1-9(2)5-8-11-7-4-6-10-3/h9-11H,4-8H2,1-3H3. The largest absolute Gasteiger partial charge is 0.320 e. The molecule has 0 atom stereocenters. The summed E-state index contributed by atoms with van der Waals surface area (Å²) in [5.74, 6) is 0.826. The zero-order valence-corrected chi connectivity index (χ0v) is 8.11. The lowest BCUT2D eigenvalue weighted by Gasteiger charge is -2.05. The fourth-order valence-corrected chi connectivity index (χ4v) is 0.906. The van der Waals surface area contributed by atoms with Crippen molar-refractivity contribution in [3.63, 3.8) is 0 Å². The Morgan fingerprint density at radius 1 is 1.09 bits per heavy atom. The molecule has 11 heavy (non-hydrogen) atoms. The van der Waals surface area contributed by atoms with Crippen LogP contribution in [0.1, 0.15) is 26.7 Å². The first-order chi connectivity index (χ1) is 5.27. The molecule has 0 saturated carbocycles. The molecule has 0 aliphatic heterocycles. The fourth-order valence-electron chi connectivity index (χ4n) is 0.906. The van der Waals surface area contributed by atoms with Gasteiger partial charge in [-0.25, -0.2) is 0 Å². The van der Waals surface area contributed by atoms with Gasteiger partial charge in [-0.3, -0.25) is 0 Å². The van der Waals surface area contributed by atoms with E-state index in [9.17, 15) is 0 Å². The van der Waals surface area contributed by atoms with E-state index < -0.39 is 0 Å². The molecule has 0 aromatic carbocycles. The maximum absolute atomic E-state index is 3.41. The monoisotopic (exact) mass is 158 g/mol. The van der Waals surface area contributed by atoms with E-state index in [1.165, 1.54) is 19.4 Å². The summed E-state index contributed by atoms with van der Waals surface area (Å²) in [7, 11) is 1.99. The lowest BCUT2D eigenvalue weighted by Crippen LogP contribution is -2.21. The fraction of sp³-hybridized carbons (Fsp3) is 1.00. The average molecular weight is 158 g/mol. The Balaban J connectivity index is 2.80. The Kier molecular flexibility index (Phi) is 7.96. The van der Waals surface area contributed by atoms with Gasteiger partial charge in [0, 0.05) is 0 Å². The highest BCUT2D eigenvalue weighted by Crippen LogP contribution is 1.95. The summed E-state index contributed by atoms with van der Waals surface area (Å²) < 4.78 is 0. The van der Waals surface area contributed by atoms with Gasteiger partial charge in [0.25, 0.3) is 0 Å². The first kappa shape index (κ1) is 10.9. The van der Waals surface area contributed by atoms with Gasteiger partial charge in [0.2, 0.25) is 0 Å². The zero-order valence-electron chi connectivity index (χ0n) is 8.11. The smallest absolute Gasteiger partial charge is 0.00368 e. The quantitative estimate of drug-likeness (QED) is 0.545. The number of hydrogen-bond acceptors (Lipinski definition) is 2. The van der Waals surface area contributed by atoms with Crippen molar-refractivity contribution >= 4 is 0 Å². The lowest BCUT2D eigenvalue weighted by molar-refractivity contribution is 0.529. The normalized spacial score (nSPS) is 10.9. The van der Waals surface area contributed by atoms with Gasteiger partial charge in [-0.2, -0.15) is 0 Å².